The summed E-state index contributed by atoms with van der Waals surface area (Å²) in [4.78, 5) is 34.2. The van der Waals surface area contributed by atoms with Crippen LogP contribution in [0.3, 0.4) is 0 Å². The smallest absolute Gasteiger partial charge is 0.239 e. The lowest BCUT2D eigenvalue weighted by atomic mass is 10.3. The van der Waals surface area contributed by atoms with Crippen LogP contribution < -0.4 is 15.5 Å². The van der Waals surface area contributed by atoms with Gasteiger partial charge in [0.15, 0.2) is 0 Å². The lowest BCUT2D eigenvalue weighted by Crippen LogP contribution is -2.38. The van der Waals surface area contributed by atoms with Crippen LogP contribution in [-0.4, -0.2) is 54.6 Å². The molecular weight excluding hydrogens is 310 g/mol. The molecule has 1 aromatic heterocycles. The quantitative estimate of drug-likeness (QED) is 0.736. The van der Waals surface area contributed by atoms with Crippen molar-refractivity contribution in [3.8, 4) is 0 Å². The molecule has 0 bridgehead atoms. The van der Waals surface area contributed by atoms with Gasteiger partial charge in [0.2, 0.25) is 17.8 Å². The second-order valence-corrected chi connectivity index (χ2v) is 5.70. The fraction of sp³-hybridized carbons (Fsp3) is 0.625. The third kappa shape index (κ3) is 5.77. The van der Waals surface area contributed by atoms with Crippen molar-refractivity contribution in [1.29, 1.82) is 0 Å². The minimum atomic E-state index is -0.233. The van der Waals surface area contributed by atoms with Crippen molar-refractivity contribution in [2.24, 2.45) is 0 Å². The normalized spacial score (nSPS) is 14.3. The molecule has 2 heterocycles. The number of carbonyl (C=O) groups excluding carboxylic acids is 2. The van der Waals surface area contributed by atoms with Crippen LogP contribution in [0, 0.1) is 6.92 Å². The molecule has 2 rings (SSSR count). The van der Waals surface area contributed by atoms with Gasteiger partial charge >= 0.3 is 0 Å². The molecule has 1 aliphatic rings. The molecule has 0 spiro atoms. The number of hydrogen-bond donors (Lipinski definition) is 2. The van der Waals surface area contributed by atoms with Gasteiger partial charge in [-0.1, -0.05) is 6.92 Å². The van der Waals surface area contributed by atoms with E-state index in [2.05, 4.69) is 25.5 Å². The van der Waals surface area contributed by atoms with Crippen molar-refractivity contribution < 1.29 is 14.3 Å². The molecule has 0 unspecified atom stereocenters. The first-order chi connectivity index (χ1) is 11.6. The number of hydrogen-bond acceptors (Lipinski definition) is 6. The molecule has 1 fully saturated rings. The Hall–Kier alpha value is -2.22. The van der Waals surface area contributed by atoms with Crippen molar-refractivity contribution in [1.82, 2.24) is 20.6 Å². The van der Waals surface area contributed by atoms with E-state index in [9.17, 15) is 9.59 Å². The number of amides is 2. The SMILES string of the molecule is CCCC(=O)NCC(=O)NCc1cc(C)nc(N2CCOCC2)n1. The summed E-state index contributed by atoms with van der Waals surface area (Å²) >= 11 is 0. The monoisotopic (exact) mass is 335 g/mol. The maximum atomic E-state index is 11.8. The zero-order valence-electron chi connectivity index (χ0n) is 14.3. The van der Waals surface area contributed by atoms with Gasteiger partial charge in [0.1, 0.15) is 0 Å². The Balaban J connectivity index is 1.86. The molecule has 24 heavy (non-hydrogen) atoms. The molecule has 0 aromatic carbocycles. The molecule has 132 valence electrons. The number of aryl methyl sites for hydroxylation is 1. The first kappa shape index (κ1) is 18.1. The Morgan fingerprint density at radius 1 is 1.21 bits per heavy atom. The standard InChI is InChI=1S/C16H25N5O3/c1-3-4-14(22)18-11-15(23)17-10-13-9-12(2)19-16(20-13)21-5-7-24-8-6-21/h9H,3-8,10-11H2,1-2H3,(H,17,23)(H,18,22). The highest BCUT2D eigenvalue weighted by molar-refractivity contribution is 5.84. The van der Waals surface area contributed by atoms with Crippen molar-refractivity contribution in [3.63, 3.8) is 0 Å². The van der Waals surface area contributed by atoms with Gasteiger partial charge < -0.3 is 20.3 Å². The number of anilines is 1. The first-order valence-corrected chi connectivity index (χ1v) is 8.29. The number of rotatable bonds is 7. The minimum absolute atomic E-state index is 0.0147. The van der Waals surface area contributed by atoms with Crippen molar-refractivity contribution in [3.05, 3.63) is 17.5 Å². The molecule has 1 saturated heterocycles. The zero-order chi connectivity index (χ0) is 17.4. The van der Waals surface area contributed by atoms with Gasteiger partial charge in [-0.2, -0.15) is 0 Å². The Morgan fingerprint density at radius 2 is 1.96 bits per heavy atom. The summed E-state index contributed by atoms with van der Waals surface area (Å²) in [5.74, 6) is 0.322. The number of ether oxygens (including phenoxy) is 1. The van der Waals surface area contributed by atoms with Crippen molar-refractivity contribution >= 4 is 17.8 Å². The van der Waals surface area contributed by atoms with Gasteiger partial charge in [-0.3, -0.25) is 9.59 Å². The van der Waals surface area contributed by atoms with Crippen LogP contribution >= 0.6 is 0 Å². The van der Waals surface area contributed by atoms with Gasteiger partial charge in [0, 0.05) is 25.2 Å². The fourth-order valence-corrected chi connectivity index (χ4v) is 2.36. The van der Waals surface area contributed by atoms with Crippen LogP contribution in [0.25, 0.3) is 0 Å². The molecule has 0 aliphatic carbocycles. The third-order valence-corrected chi connectivity index (χ3v) is 3.58. The summed E-state index contributed by atoms with van der Waals surface area (Å²) < 4.78 is 5.34. The highest BCUT2D eigenvalue weighted by Gasteiger charge is 2.15. The van der Waals surface area contributed by atoms with E-state index in [1.54, 1.807) is 0 Å². The van der Waals surface area contributed by atoms with Gasteiger partial charge in [-0.05, 0) is 19.4 Å². The molecule has 1 aliphatic heterocycles. The summed E-state index contributed by atoms with van der Waals surface area (Å²) in [5.41, 5.74) is 1.60. The second-order valence-electron chi connectivity index (χ2n) is 5.70. The van der Waals surface area contributed by atoms with E-state index in [1.807, 2.05) is 19.9 Å². The second kappa shape index (κ2) is 9.17. The van der Waals surface area contributed by atoms with E-state index in [0.29, 0.717) is 32.1 Å². The van der Waals surface area contributed by atoms with Crippen LogP contribution in [0.1, 0.15) is 31.2 Å². The highest BCUT2D eigenvalue weighted by atomic mass is 16.5. The van der Waals surface area contributed by atoms with Crippen molar-refractivity contribution in [2.45, 2.75) is 33.2 Å². The third-order valence-electron chi connectivity index (χ3n) is 3.58. The molecule has 1 aromatic rings. The zero-order valence-corrected chi connectivity index (χ0v) is 14.3. The highest BCUT2D eigenvalue weighted by Crippen LogP contribution is 2.12. The van der Waals surface area contributed by atoms with Crippen molar-refractivity contribution in [2.75, 3.05) is 37.7 Å². The van der Waals surface area contributed by atoms with Gasteiger partial charge in [0.05, 0.1) is 32.0 Å². The number of nitrogens with zero attached hydrogens (tertiary/aromatic N) is 3. The molecular formula is C16H25N5O3. The van der Waals surface area contributed by atoms with Crippen LogP contribution in [0.5, 0.6) is 0 Å². The molecule has 0 saturated carbocycles. The van der Waals surface area contributed by atoms with E-state index < -0.39 is 0 Å². The Labute approximate surface area is 142 Å². The predicted molar refractivity (Wildman–Crippen MR) is 89.6 cm³/mol. The van der Waals surface area contributed by atoms with Gasteiger partial charge in [0.25, 0.3) is 0 Å². The summed E-state index contributed by atoms with van der Waals surface area (Å²) in [5, 5.41) is 5.35. The number of morpholine rings is 1. The summed E-state index contributed by atoms with van der Waals surface area (Å²) in [6, 6.07) is 1.85. The maximum absolute atomic E-state index is 11.8. The molecule has 8 nitrogen and oxygen atoms in total. The lowest BCUT2D eigenvalue weighted by molar-refractivity contribution is -0.126. The fourth-order valence-electron chi connectivity index (χ4n) is 2.36. The topological polar surface area (TPSA) is 96.5 Å². The summed E-state index contributed by atoms with van der Waals surface area (Å²) in [6.07, 6.45) is 1.19. The van der Waals surface area contributed by atoms with Crippen LogP contribution in [0.15, 0.2) is 6.07 Å². The Bertz CT molecular complexity index is 573. The summed E-state index contributed by atoms with van der Waals surface area (Å²) in [6.45, 7) is 6.98. The maximum Gasteiger partial charge on any atom is 0.239 e. The van der Waals surface area contributed by atoms with Crippen LogP contribution in [-0.2, 0) is 20.9 Å². The lowest BCUT2D eigenvalue weighted by Gasteiger charge is -2.27. The average molecular weight is 335 g/mol. The first-order valence-electron chi connectivity index (χ1n) is 8.29. The molecule has 2 amide bonds. The number of nitrogens with one attached hydrogen (secondary N) is 2. The minimum Gasteiger partial charge on any atom is -0.378 e. The van der Waals surface area contributed by atoms with Gasteiger partial charge in [-0.25, -0.2) is 9.97 Å². The van der Waals surface area contributed by atoms with E-state index in [4.69, 9.17) is 4.74 Å². The number of carbonyl (C=O) groups is 2. The largest absolute Gasteiger partial charge is 0.378 e. The van der Waals surface area contributed by atoms with E-state index in [0.717, 1.165) is 30.9 Å². The molecule has 0 radical (unpaired) electrons. The molecule has 2 N–H and O–H groups in total. The van der Waals surface area contributed by atoms with Crippen LogP contribution in [0.2, 0.25) is 0 Å². The molecule has 0 atom stereocenters. The average Bonchev–Trinajstić information content (AvgIpc) is 2.59. The van der Waals surface area contributed by atoms with Gasteiger partial charge in [-0.15, -0.1) is 0 Å². The molecule has 8 heteroatoms. The van der Waals surface area contributed by atoms with E-state index in [-0.39, 0.29) is 18.4 Å². The Morgan fingerprint density at radius 3 is 2.67 bits per heavy atom. The number of aromatic nitrogens is 2. The van der Waals surface area contributed by atoms with E-state index >= 15 is 0 Å². The predicted octanol–water partition coefficient (Wildman–Crippen LogP) is 0.154. The Kier molecular flexibility index (Phi) is 6.92. The van der Waals surface area contributed by atoms with Crippen LogP contribution in [0.4, 0.5) is 5.95 Å². The van der Waals surface area contributed by atoms with E-state index in [1.165, 1.54) is 0 Å². The summed E-state index contributed by atoms with van der Waals surface area (Å²) in [7, 11) is 0.